The van der Waals surface area contributed by atoms with Crippen LogP contribution < -0.4 is 5.32 Å². The molecular weight excluding hydrogens is 300 g/mol. The predicted molar refractivity (Wildman–Crippen MR) is 90.1 cm³/mol. The van der Waals surface area contributed by atoms with Crippen molar-refractivity contribution >= 4 is 23.4 Å². The molecule has 0 aromatic heterocycles. The third-order valence-electron chi connectivity index (χ3n) is 3.24. The van der Waals surface area contributed by atoms with Crippen LogP contribution in [0.5, 0.6) is 0 Å². The second kappa shape index (κ2) is 8.79. The third-order valence-corrected chi connectivity index (χ3v) is 3.49. The smallest absolute Gasteiger partial charge is 0.251 e. The third kappa shape index (κ3) is 6.06. The van der Waals surface area contributed by atoms with Gasteiger partial charge >= 0.3 is 0 Å². The van der Waals surface area contributed by atoms with E-state index in [-0.39, 0.29) is 17.9 Å². The summed E-state index contributed by atoms with van der Waals surface area (Å²) in [4.78, 5) is 26.0. The number of nitrogens with zero attached hydrogens (tertiary/aromatic N) is 1. The number of hydrogen-bond acceptors (Lipinski definition) is 2. The summed E-state index contributed by atoms with van der Waals surface area (Å²) < 4.78 is 0. The first kappa shape index (κ1) is 18.5. The normalized spacial score (nSPS) is 10.9. The van der Waals surface area contributed by atoms with Crippen molar-refractivity contribution in [3.63, 3.8) is 0 Å². The predicted octanol–water partition coefficient (Wildman–Crippen LogP) is 3.35. The van der Waals surface area contributed by atoms with Crippen molar-refractivity contribution in [3.8, 4) is 0 Å². The number of halogens is 1. The molecule has 4 nitrogen and oxygen atoms in total. The average molecular weight is 325 g/mol. The molecule has 0 saturated carbocycles. The molecule has 0 atom stereocenters. The highest BCUT2D eigenvalue weighted by molar-refractivity contribution is 6.30. The zero-order valence-electron chi connectivity index (χ0n) is 13.7. The van der Waals surface area contributed by atoms with Crippen LogP contribution >= 0.6 is 11.6 Å². The number of benzene rings is 1. The minimum atomic E-state index is -0.190. The lowest BCUT2D eigenvalue weighted by molar-refractivity contribution is -0.133. The lowest BCUT2D eigenvalue weighted by Gasteiger charge is -2.28. The van der Waals surface area contributed by atoms with Crippen LogP contribution in [0, 0.1) is 5.92 Å². The van der Waals surface area contributed by atoms with Gasteiger partial charge in [-0.15, -0.1) is 0 Å². The monoisotopic (exact) mass is 324 g/mol. The molecule has 2 amide bonds. The average Bonchev–Trinajstić information content (AvgIpc) is 2.44. The Morgan fingerprint density at radius 1 is 1.14 bits per heavy atom. The summed E-state index contributed by atoms with van der Waals surface area (Å²) >= 11 is 5.79. The summed E-state index contributed by atoms with van der Waals surface area (Å²) in [5.74, 6) is 0.305. The molecule has 0 heterocycles. The molecule has 1 aromatic carbocycles. The van der Waals surface area contributed by atoms with Gasteiger partial charge in [-0.25, -0.2) is 0 Å². The summed E-state index contributed by atoms with van der Waals surface area (Å²) in [6.07, 6.45) is 0.310. The van der Waals surface area contributed by atoms with Gasteiger partial charge in [-0.1, -0.05) is 25.4 Å². The number of rotatable bonds is 7. The molecule has 0 spiro atoms. The molecule has 0 aliphatic rings. The van der Waals surface area contributed by atoms with Crippen molar-refractivity contribution in [1.82, 2.24) is 10.2 Å². The first-order valence-electron chi connectivity index (χ1n) is 7.64. The molecule has 1 N–H and O–H groups in total. The van der Waals surface area contributed by atoms with E-state index in [2.05, 4.69) is 19.2 Å². The molecule has 0 fully saturated rings. The lowest BCUT2D eigenvalue weighted by Crippen LogP contribution is -2.41. The Hall–Kier alpha value is -1.55. The van der Waals surface area contributed by atoms with Crippen molar-refractivity contribution in [2.24, 2.45) is 5.92 Å². The van der Waals surface area contributed by atoms with Gasteiger partial charge in [0.05, 0.1) is 0 Å². The number of nitrogens with one attached hydrogen (secondary N) is 1. The highest BCUT2D eigenvalue weighted by Gasteiger charge is 2.17. The topological polar surface area (TPSA) is 49.4 Å². The zero-order chi connectivity index (χ0) is 16.7. The maximum atomic E-state index is 12.2. The van der Waals surface area contributed by atoms with Crippen LogP contribution in [0.25, 0.3) is 0 Å². The van der Waals surface area contributed by atoms with Crippen molar-refractivity contribution in [1.29, 1.82) is 0 Å². The Labute approximate surface area is 137 Å². The number of hydrogen-bond donors (Lipinski definition) is 1. The van der Waals surface area contributed by atoms with E-state index in [0.29, 0.717) is 29.5 Å². The van der Waals surface area contributed by atoms with E-state index in [9.17, 15) is 9.59 Å². The quantitative estimate of drug-likeness (QED) is 0.836. The molecule has 0 aliphatic heterocycles. The molecular formula is C17H25ClN2O2. The Morgan fingerprint density at radius 2 is 1.73 bits per heavy atom. The Bertz CT molecular complexity index is 498. The minimum Gasteiger partial charge on any atom is -0.352 e. The molecule has 0 aliphatic carbocycles. The molecule has 0 radical (unpaired) electrons. The number of amides is 2. The van der Waals surface area contributed by atoms with E-state index in [1.165, 1.54) is 0 Å². The van der Waals surface area contributed by atoms with Crippen molar-refractivity contribution < 1.29 is 9.59 Å². The summed E-state index contributed by atoms with van der Waals surface area (Å²) in [6, 6.07) is 6.84. The fourth-order valence-electron chi connectivity index (χ4n) is 2.12. The first-order chi connectivity index (χ1) is 10.3. The molecule has 0 unspecified atom stereocenters. The van der Waals surface area contributed by atoms with E-state index in [1.54, 1.807) is 24.3 Å². The van der Waals surface area contributed by atoms with E-state index in [0.717, 1.165) is 6.54 Å². The van der Waals surface area contributed by atoms with Crippen LogP contribution in [0.1, 0.15) is 44.5 Å². The van der Waals surface area contributed by atoms with Crippen LogP contribution in [0.4, 0.5) is 0 Å². The molecule has 0 saturated heterocycles. The van der Waals surface area contributed by atoms with Gasteiger partial charge in [-0.3, -0.25) is 9.59 Å². The van der Waals surface area contributed by atoms with Crippen LogP contribution in [-0.4, -0.2) is 35.8 Å². The van der Waals surface area contributed by atoms with Crippen LogP contribution in [0.15, 0.2) is 24.3 Å². The molecule has 0 bridgehead atoms. The first-order valence-corrected chi connectivity index (χ1v) is 8.02. The van der Waals surface area contributed by atoms with Gasteiger partial charge in [0.15, 0.2) is 0 Å². The fraction of sp³-hybridized carbons (Fsp3) is 0.529. The molecule has 1 aromatic rings. The van der Waals surface area contributed by atoms with Gasteiger partial charge in [0.1, 0.15) is 0 Å². The zero-order valence-corrected chi connectivity index (χ0v) is 14.5. The Morgan fingerprint density at radius 3 is 2.23 bits per heavy atom. The summed E-state index contributed by atoms with van der Waals surface area (Å²) in [5, 5.41) is 3.36. The van der Waals surface area contributed by atoms with Crippen LogP contribution in [0.3, 0.4) is 0 Å². The van der Waals surface area contributed by atoms with Gasteiger partial charge in [-0.05, 0) is 44.0 Å². The Kier molecular flexibility index (Phi) is 7.39. The summed E-state index contributed by atoms with van der Waals surface area (Å²) in [6.45, 7) is 9.26. The second-order valence-electron chi connectivity index (χ2n) is 6.05. The van der Waals surface area contributed by atoms with Gasteiger partial charge in [0, 0.05) is 36.1 Å². The van der Waals surface area contributed by atoms with Gasteiger partial charge in [-0.2, -0.15) is 0 Å². The standard InChI is InChI=1S/C17H25ClN2O2/c1-12(2)11-20(13(3)4)16(21)9-10-19-17(22)14-5-7-15(18)8-6-14/h5-8,12-13H,9-11H2,1-4H3,(H,19,22). The van der Waals surface area contributed by atoms with Crippen molar-refractivity contribution in [3.05, 3.63) is 34.9 Å². The Balaban J connectivity index is 2.46. The van der Waals surface area contributed by atoms with E-state index < -0.39 is 0 Å². The molecule has 122 valence electrons. The van der Waals surface area contributed by atoms with Crippen LogP contribution in [-0.2, 0) is 4.79 Å². The fourth-order valence-corrected chi connectivity index (χ4v) is 2.25. The molecule has 1 rings (SSSR count). The molecule has 5 heteroatoms. The number of carbonyl (C=O) groups is 2. The van der Waals surface area contributed by atoms with E-state index >= 15 is 0 Å². The largest absolute Gasteiger partial charge is 0.352 e. The highest BCUT2D eigenvalue weighted by atomic mass is 35.5. The van der Waals surface area contributed by atoms with Gasteiger partial charge < -0.3 is 10.2 Å². The SMILES string of the molecule is CC(C)CN(C(=O)CCNC(=O)c1ccc(Cl)cc1)C(C)C. The van der Waals surface area contributed by atoms with Crippen LogP contribution in [0.2, 0.25) is 5.02 Å². The van der Waals surface area contributed by atoms with E-state index in [4.69, 9.17) is 11.6 Å². The molecule has 22 heavy (non-hydrogen) atoms. The van der Waals surface area contributed by atoms with Crippen molar-refractivity contribution in [2.45, 2.75) is 40.2 Å². The second-order valence-corrected chi connectivity index (χ2v) is 6.48. The van der Waals surface area contributed by atoms with Crippen molar-refractivity contribution in [2.75, 3.05) is 13.1 Å². The minimum absolute atomic E-state index is 0.0695. The number of carbonyl (C=O) groups excluding carboxylic acids is 2. The maximum absolute atomic E-state index is 12.2. The van der Waals surface area contributed by atoms with Gasteiger partial charge in [0.2, 0.25) is 5.91 Å². The summed E-state index contributed by atoms with van der Waals surface area (Å²) in [7, 11) is 0. The van der Waals surface area contributed by atoms with E-state index in [1.807, 2.05) is 18.7 Å². The highest BCUT2D eigenvalue weighted by Crippen LogP contribution is 2.09. The van der Waals surface area contributed by atoms with Gasteiger partial charge in [0.25, 0.3) is 5.91 Å². The summed E-state index contributed by atoms with van der Waals surface area (Å²) in [5.41, 5.74) is 0.541. The maximum Gasteiger partial charge on any atom is 0.251 e. The lowest BCUT2D eigenvalue weighted by atomic mass is 10.1.